The van der Waals surface area contributed by atoms with Crippen LogP contribution in [0.3, 0.4) is 0 Å². The average Bonchev–Trinajstić information content (AvgIpc) is 2.79. The second-order valence-electron chi connectivity index (χ2n) is 4.80. The molecule has 1 aliphatic heterocycles. The summed E-state index contributed by atoms with van der Waals surface area (Å²) in [5.74, 6) is 2.61. The molecule has 1 fully saturated rings. The Balaban J connectivity index is 2.01. The van der Waals surface area contributed by atoms with Gasteiger partial charge in [0.25, 0.3) is 0 Å². The third-order valence-corrected chi connectivity index (χ3v) is 4.84. The predicted octanol–water partition coefficient (Wildman–Crippen LogP) is 3.75. The van der Waals surface area contributed by atoms with Gasteiger partial charge >= 0.3 is 0 Å². The van der Waals surface area contributed by atoms with Gasteiger partial charge in [-0.3, -0.25) is 0 Å². The summed E-state index contributed by atoms with van der Waals surface area (Å²) in [6, 6.07) is 5.34. The summed E-state index contributed by atoms with van der Waals surface area (Å²) in [6.45, 7) is 3.21. The lowest BCUT2D eigenvalue weighted by atomic mass is 9.94. The van der Waals surface area contributed by atoms with Crippen LogP contribution < -0.4 is 5.32 Å². The van der Waals surface area contributed by atoms with Crippen LogP contribution >= 0.6 is 23.4 Å². The highest BCUT2D eigenvalue weighted by Crippen LogP contribution is 2.29. The fourth-order valence-corrected chi connectivity index (χ4v) is 3.96. The summed E-state index contributed by atoms with van der Waals surface area (Å²) in [6.07, 6.45) is 1.92. The largest absolute Gasteiger partial charge is 0.313 e. The second kappa shape index (κ2) is 6.78. The van der Waals surface area contributed by atoms with E-state index in [0.717, 1.165) is 36.5 Å². The van der Waals surface area contributed by atoms with E-state index < -0.39 is 0 Å². The first-order valence-electron chi connectivity index (χ1n) is 6.45. The van der Waals surface area contributed by atoms with E-state index in [-0.39, 0.29) is 5.82 Å². The summed E-state index contributed by atoms with van der Waals surface area (Å²) in [4.78, 5) is 0. The number of hydrogen-bond donors (Lipinski definition) is 1. The first kappa shape index (κ1) is 14.2. The van der Waals surface area contributed by atoms with E-state index in [2.05, 4.69) is 12.2 Å². The molecule has 0 saturated carbocycles. The van der Waals surface area contributed by atoms with Crippen molar-refractivity contribution in [1.82, 2.24) is 5.32 Å². The normalized spacial score (nSPS) is 23.5. The minimum absolute atomic E-state index is 0.134. The summed E-state index contributed by atoms with van der Waals surface area (Å²) >= 11 is 7.89. The van der Waals surface area contributed by atoms with Crippen molar-refractivity contribution in [3.05, 3.63) is 34.6 Å². The van der Waals surface area contributed by atoms with Crippen LogP contribution in [0.25, 0.3) is 0 Å². The molecular weight excluding hydrogens is 269 g/mol. The van der Waals surface area contributed by atoms with Crippen LogP contribution in [0.1, 0.15) is 18.9 Å². The van der Waals surface area contributed by atoms with Crippen LogP contribution in [-0.4, -0.2) is 24.1 Å². The Hall–Kier alpha value is -0.250. The van der Waals surface area contributed by atoms with Gasteiger partial charge in [0.2, 0.25) is 0 Å². The van der Waals surface area contributed by atoms with Crippen molar-refractivity contribution in [2.45, 2.75) is 25.8 Å². The zero-order valence-corrected chi connectivity index (χ0v) is 12.2. The van der Waals surface area contributed by atoms with E-state index in [1.807, 2.05) is 11.8 Å². The number of halogens is 2. The Kier molecular flexibility index (Phi) is 5.34. The molecule has 0 aromatic heterocycles. The van der Waals surface area contributed by atoms with Gasteiger partial charge in [-0.25, -0.2) is 4.39 Å². The van der Waals surface area contributed by atoms with E-state index in [0.29, 0.717) is 17.0 Å². The Bertz CT molecular complexity index is 399. The maximum Gasteiger partial charge on any atom is 0.126 e. The number of benzene rings is 1. The van der Waals surface area contributed by atoms with E-state index in [9.17, 15) is 4.39 Å². The van der Waals surface area contributed by atoms with Gasteiger partial charge in [0, 0.05) is 16.8 Å². The summed E-state index contributed by atoms with van der Waals surface area (Å²) in [5, 5.41) is 4.18. The first-order chi connectivity index (χ1) is 8.70. The van der Waals surface area contributed by atoms with Gasteiger partial charge in [-0.15, -0.1) is 0 Å². The van der Waals surface area contributed by atoms with Crippen molar-refractivity contribution in [1.29, 1.82) is 0 Å². The van der Waals surface area contributed by atoms with E-state index in [1.165, 1.54) is 6.07 Å². The molecule has 1 aromatic rings. The molecule has 0 amide bonds. The van der Waals surface area contributed by atoms with Gasteiger partial charge in [0.1, 0.15) is 5.82 Å². The molecule has 2 unspecified atom stereocenters. The number of thioether (sulfide) groups is 1. The number of nitrogens with one attached hydrogen (secondary N) is 1. The second-order valence-corrected chi connectivity index (χ2v) is 6.31. The third-order valence-electron chi connectivity index (χ3n) is 3.34. The lowest BCUT2D eigenvalue weighted by molar-refractivity contribution is 0.419. The highest BCUT2D eigenvalue weighted by molar-refractivity contribution is 7.99. The molecule has 0 spiro atoms. The lowest BCUT2D eigenvalue weighted by Crippen LogP contribution is -2.36. The fourth-order valence-electron chi connectivity index (χ4n) is 2.34. The molecule has 0 bridgehead atoms. The predicted molar refractivity (Wildman–Crippen MR) is 78.0 cm³/mol. The van der Waals surface area contributed by atoms with Crippen molar-refractivity contribution in [3.63, 3.8) is 0 Å². The number of hydrogen-bond acceptors (Lipinski definition) is 2. The molecule has 0 radical (unpaired) electrons. The van der Waals surface area contributed by atoms with Crippen LogP contribution in [0.5, 0.6) is 0 Å². The molecule has 1 nitrogen and oxygen atoms in total. The molecule has 1 aromatic carbocycles. The fraction of sp³-hybridized carbons (Fsp3) is 0.571. The van der Waals surface area contributed by atoms with E-state index >= 15 is 0 Å². The summed E-state index contributed by atoms with van der Waals surface area (Å²) in [5.41, 5.74) is 0.748. The minimum atomic E-state index is -0.134. The molecule has 1 saturated heterocycles. The maximum atomic E-state index is 13.7. The monoisotopic (exact) mass is 287 g/mol. The van der Waals surface area contributed by atoms with Crippen LogP contribution in [0, 0.1) is 11.7 Å². The van der Waals surface area contributed by atoms with Gasteiger partial charge in [0.15, 0.2) is 0 Å². The third kappa shape index (κ3) is 3.62. The van der Waals surface area contributed by atoms with Crippen molar-refractivity contribution in [2.75, 3.05) is 18.1 Å². The van der Waals surface area contributed by atoms with Crippen molar-refractivity contribution in [3.8, 4) is 0 Å². The standard InChI is InChI=1S/C14H19ClFNS/c1-2-5-17-14-9-18-8-11(14)6-10-7-12(15)3-4-13(10)16/h3-4,7,11,14,17H,2,5-6,8-9H2,1H3. The molecule has 4 heteroatoms. The molecular formula is C14H19ClFNS. The first-order valence-corrected chi connectivity index (χ1v) is 7.99. The van der Waals surface area contributed by atoms with Crippen LogP contribution in [-0.2, 0) is 6.42 Å². The number of rotatable bonds is 5. The molecule has 2 rings (SSSR count). The van der Waals surface area contributed by atoms with E-state index in [4.69, 9.17) is 11.6 Å². The van der Waals surface area contributed by atoms with Crippen LogP contribution in [0.15, 0.2) is 18.2 Å². The average molecular weight is 288 g/mol. The molecule has 0 aliphatic carbocycles. The zero-order chi connectivity index (χ0) is 13.0. The Labute approximate surface area is 117 Å². The molecule has 1 heterocycles. The Morgan fingerprint density at radius 2 is 2.28 bits per heavy atom. The SMILES string of the molecule is CCCNC1CSCC1Cc1cc(Cl)ccc1F. The maximum absolute atomic E-state index is 13.7. The molecule has 1 N–H and O–H groups in total. The van der Waals surface area contributed by atoms with Crippen molar-refractivity contribution in [2.24, 2.45) is 5.92 Å². The molecule has 18 heavy (non-hydrogen) atoms. The van der Waals surface area contributed by atoms with Gasteiger partial charge in [0.05, 0.1) is 0 Å². The summed E-state index contributed by atoms with van der Waals surface area (Å²) in [7, 11) is 0. The highest BCUT2D eigenvalue weighted by Gasteiger charge is 2.27. The van der Waals surface area contributed by atoms with Crippen molar-refractivity contribution >= 4 is 23.4 Å². The van der Waals surface area contributed by atoms with Gasteiger partial charge in [-0.1, -0.05) is 18.5 Å². The van der Waals surface area contributed by atoms with Gasteiger partial charge in [-0.2, -0.15) is 11.8 Å². The molecule has 2 atom stereocenters. The van der Waals surface area contributed by atoms with Gasteiger partial charge < -0.3 is 5.32 Å². The lowest BCUT2D eigenvalue weighted by Gasteiger charge is -2.20. The van der Waals surface area contributed by atoms with E-state index in [1.54, 1.807) is 12.1 Å². The van der Waals surface area contributed by atoms with Gasteiger partial charge in [-0.05, 0) is 54.8 Å². The highest BCUT2D eigenvalue weighted by atomic mass is 35.5. The Morgan fingerprint density at radius 3 is 3.06 bits per heavy atom. The Morgan fingerprint density at radius 1 is 1.44 bits per heavy atom. The van der Waals surface area contributed by atoms with Crippen molar-refractivity contribution < 1.29 is 4.39 Å². The quantitative estimate of drug-likeness (QED) is 0.885. The minimum Gasteiger partial charge on any atom is -0.313 e. The van der Waals surface area contributed by atoms with Crippen LogP contribution in [0.4, 0.5) is 4.39 Å². The summed E-state index contributed by atoms with van der Waals surface area (Å²) < 4.78 is 13.7. The smallest absolute Gasteiger partial charge is 0.126 e. The molecule has 1 aliphatic rings. The zero-order valence-electron chi connectivity index (χ0n) is 10.6. The molecule has 100 valence electrons. The van der Waals surface area contributed by atoms with Crippen LogP contribution in [0.2, 0.25) is 5.02 Å². The topological polar surface area (TPSA) is 12.0 Å².